The lowest BCUT2D eigenvalue weighted by Gasteiger charge is -2.01. The first-order chi connectivity index (χ1) is 7.95. The van der Waals surface area contributed by atoms with E-state index in [-0.39, 0.29) is 24.8 Å². The van der Waals surface area contributed by atoms with Crippen molar-refractivity contribution in [2.75, 3.05) is 13.1 Å². The molecule has 2 heterocycles. The Morgan fingerprint density at radius 2 is 1.67 bits per heavy atom. The Morgan fingerprint density at radius 1 is 0.944 bits per heavy atom. The Hall–Kier alpha value is -1.03. The van der Waals surface area contributed by atoms with E-state index in [0.29, 0.717) is 0 Å². The zero-order valence-corrected chi connectivity index (χ0v) is 11.6. The van der Waals surface area contributed by atoms with Crippen LogP contribution in [0.15, 0.2) is 30.3 Å². The number of benzene rings is 1. The van der Waals surface area contributed by atoms with E-state index in [2.05, 4.69) is 39.8 Å². The fourth-order valence-electron chi connectivity index (χ4n) is 2.26. The highest BCUT2D eigenvalue weighted by Crippen LogP contribution is 2.24. The molecule has 1 aromatic heterocycles. The molecule has 0 saturated heterocycles. The fourth-order valence-corrected chi connectivity index (χ4v) is 2.26. The predicted octanol–water partition coefficient (Wildman–Crippen LogP) is 2.61. The van der Waals surface area contributed by atoms with Crippen molar-refractivity contribution in [3.8, 4) is 11.3 Å². The van der Waals surface area contributed by atoms with Crippen LogP contribution in [0.1, 0.15) is 11.3 Å². The third-order valence-corrected chi connectivity index (χ3v) is 3.10. The summed E-state index contributed by atoms with van der Waals surface area (Å²) in [5.74, 6) is 0. The van der Waals surface area contributed by atoms with Crippen LogP contribution in [0.4, 0.5) is 0 Å². The first-order valence-electron chi connectivity index (χ1n) is 5.77. The highest BCUT2D eigenvalue weighted by atomic mass is 35.5. The van der Waals surface area contributed by atoms with Crippen molar-refractivity contribution in [1.29, 1.82) is 0 Å². The predicted molar refractivity (Wildman–Crippen MR) is 78.8 cm³/mol. The van der Waals surface area contributed by atoms with Crippen LogP contribution in [0, 0.1) is 0 Å². The molecule has 3 nitrogen and oxygen atoms in total. The van der Waals surface area contributed by atoms with Gasteiger partial charge in [-0.3, -0.25) is 5.10 Å². The monoisotopic (exact) mass is 285 g/mol. The molecule has 0 aliphatic carbocycles. The summed E-state index contributed by atoms with van der Waals surface area (Å²) in [7, 11) is 0. The Balaban J connectivity index is 0.000000810. The number of hydrogen-bond donors (Lipinski definition) is 2. The van der Waals surface area contributed by atoms with Crippen molar-refractivity contribution in [3.63, 3.8) is 0 Å². The molecule has 0 spiro atoms. The maximum Gasteiger partial charge on any atom is 0.0955 e. The molecular weight excluding hydrogens is 269 g/mol. The quantitative estimate of drug-likeness (QED) is 0.846. The van der Waals surface area contributed by atoms with E-state index in [0.717, 1.165) is 31.6 Å². The van der Waals surface area contributed by atoms with Crippen molar-refractivity contribution < 1.29 is 0 Å². The molecule has 2 N–H and O–H groups in total. The van der Waals surface area contributed by atoms with Crippen LogP contribution in [-0.2, 0) is 12.8 Å². The van der Waals surface area contributed by atoms with Crippen molar-refractivity contribution >= 4 is 24.8 Å². The number of aromatic nitrogens is 2. The van der Waals surface area contributed by atoms with Gasteiger partial charge in [0.05, 0.1) is 5.69 Å². The number of fused-ring (bicyclic) bond motifs is 1. The van der Waals surface area contributed by atoms with E-state index in [4.69, 9.17) is 0 Å². The summed E-state index contributed by atoms with van der Waals surface area (Å²) in [5, 5.41) is 11.0. The highest BCUT2D eigenvalue weighted by Gasteiger charge is 2.15. The smallest absolute Gasteiger partial charge is 0.0955 e. The molecule has 18 heavy (non-hydrogen) atoms. The fraction of sp³-hybridized carbons (Fsp3) is 0.308. The van der Waals surface area contributed by atoms with Crippen LogP contribution in [0.2, 0.25) is 0 Å². The molecule has 1 aromatic carbocycles. The van der Waals surface area contributed by atoms with Crippen LogP contribution in [0.5, 0.6) is 0 Å². The van der Waals surface area contributed by atoms with Gasteiger partial charge in [-0.2, -0.15) is 5.10 Å². The molecular formula is C13H17Cl2N3. The zero-order chi connectivity index (χ0) is 10.8. The van der Waals surface area contributed by atoms with Crippen molar-refractivity contribution in [2.24, 2.45) is 0 Å². The van der Waals surface area contributed by atoms with Gasteiger partial charge in [0.25, 0.3) is 0 Å². The topological polar surface area (TPSA) is 40.7 Å². The minimum absolute atomic E-state index is 0. The van der Waals surface area contributed by atoms with E-state index in [1.54, 1.807) is 0 Å². The molecule has 0 amide bonds. The van der Waals surface area contributed by atoms with Crippen LogP contribution in [0.3, 0.4) is 0 Å². The molecule has 0 bridgehead atoms. The molecule has 3 rings (SSSR count). The van der Waals surface area contributed by atoms with Crippen LogP contribution in [0.25, 0.3) is 11.3 Å². The first-order valence-corrected chi connectivity index (χ1v) is 5.77. The van der Waals surface area contributed by atoms with Crippen molar-refractivity contribution in [1.82, 2.24) is 15.5 Å². The number of aromatic amines is 1. The summed E-state index contributed by atoms with van der Waals surface area (Å²) in [6, 6.07) is 10.4. The second-order valence-electron chi connectivity index (χ2n) is 4.15. The molecule has 0 saturated carbocycles. The maximum absolute atomic E-state index is 4.46. The van der Waals surface area contributed by atoms with E-state index >= 15 is 0 Å². The number of nitrogens with one attached hydrogen (secondary N) is 2. The lowest BCUT2D eigenvalue weighted by atomic mass is 10.0. The summed E-state index contributed by atoms with van der Waals surface area (Å²) in [6.07, 6.45) is 2.12. The largest absolute Gasteiger partial charge is 0.316 e. The van der Waals surface area contributed by atoms with Gasteiger partial charge in [0.15, 0.2) is 0 Å². The lowest BCUT2D eigenvalue weighted by Crippen LogP contribution is -2.16. The second kappa shape index (κ2) is 6.78. The summed E-state index contributed by atoms with van der Waals surface area (Å²) < 4.78 is 0. The van der Waals surface area contributed by atoms with E-state index < -0.39 is 0 Å². The van der Waals surface area contributed by atoms with Gasteiger partial charge in [-0.15, -0.1) is 24.8 Å². The Bertz CT molecular complexity index is 482. The third kappa shape index (κ3) is 2.86. The summed E-state index contributed by atoms with van der Waals surface area (Å²) >= 11 is 0. The van der Waals surface area contributed by atoms with Crippen molar-refractivity contribution in [2.45, 2.75) is 12.8 Å². The second-order valence-corrected chi connectivity index (χ2v) is 4.15. The molecule has 98 valence electrons. The van der Waals surface area contributed by atoms with Gasteiger partial charge in [-0.1, -0.05) is 30.3 Å². The Kier molecular flexibility index (Phi) is 5.66. The third-order valence-electron chi connectivity index (χ3n) is 3.10. The van der Waals surface area contributed by atoms with Gasteiger partial charge in [-0.25, -0.2) is 0 Å². The zero-order valence-electron chi connectivity index (χ0n) is 9.98. The van der Waals surface area contributed by atoms with E-state index in [1.165, 1.54) is 16.8 Å². The maximum atomic E-state index is 4.46. The van der Waals surface area contributed by atoms with Crippen molar-refractivity contribution in [3.05, 3.63) is 41.6 Å². The molecule has 5 heteroatoms. The summed E-state index contributed by atoms with van der Waals surface area (Å²) in [4.78, 5) is 0. The van der Waals surface area contributed by atoms with Gasteiger partial charge in [0.1, 0.15) is 0 Å². The molecule has 1 aliphatic heterocycles. The van der Waals surface area contributed by atoms with Crippen LogP contribution in [-0.4, -0.2) is 23.3 Å². The average Bonchev–Trinajstić information content (AvgIpc) is 2.60. The Labute approximate surface area is 119 Å². The van der Waals surface area contributed by atoms with Gasteiger partial charge in [0.2, 0.25) is 0 Å². The number of hydrogen-bond acceptors (Lipinski definition) is 2. The summed E-state index contributed by atoms with van der Waals surface area (Å²) in [6.45, 7) is 2.09. The van der Waals surface area contributed by atoms with Crippen LogP contribution < -0.4 is 5.32 Å². The SMILES string of the molecule is Cl.Cl.c1ccc(-c2n[nH]c3c2CCNCC3)cc1. The first kappa shape index (κ1) is 15.0. The average molecular weight is 286 g/mol. The molecule has 1 aliphatic rings. The number of nitrogens with zero attached hydrogens (tertiary/aromatic N) is 1. The minimum atomic E-state index is 0. The number of H-pyrrole nitrogens is 1. The molecule has 0 atom stereocenters. The highest BCUT2D eigenvalue weighted by molar-refractivity contribution is 5.85. The van der Waals surface area contributed by atoms with Gasteiger partial charge in [-0.05, 0) is 13.0 Å². The number of halogens is 2. The molecule has 0 fully saturated rings. The Morgan fingerprint density at radius 3 is 2.44 bits per heavy atom. The molecule has 2 aromatic rings. The van der Waals surface area contributed by atoms with E-state index in [9.17, 15) is 0 Å². The normalized spacial score (nSPS) is 13.8. The van der Waals surface area contributed by atoms with Gasteiger partial charge < -0.3 is 5.32 Å². The van der Waals surface area contributed by atoms with E-state index in [1.807, 2.05) is 6.07 Å². The standard InChI is InChI=1S/C13H15N3.2ClH/c1-2-4-10(5-3-1)13-11-6-8-14-9-7-12(11)15-16-13;;/h1-5,14H,6-9H2,(H,15,16);2*1H. The van der Waals surface area contributed by atoms with Crippen LogP contribution >= 0.6 is 24.8 Å². The molecule has 0 radical (unpaired) electrons. The van der Waals surface area contributed by atoms with Gasteiger partial charge >= 0.3 is 0 Å². The number of rotatable bonds is 1. The minimum Gasteiger partial charge on any atom is -0.316 e. The lowest BCUT2D eigenvalue weighted by molar-refractivity contribution is 0.703. The van der Waals surface area contributed by atoms with Gasteiger partial charge in [0, 0.05) is 29.8 Å². The summed E-state index contributed by atoms with van der Waals surface area (Å²) in [5.41, 5.74) is 5.02. The molecule has 0 unspecified atom stereocenters.